The highest BCUT2D eigenvalue weighted by Crippen LogP contribution is 2.24. The van der Waals surface area contributed by atoms with Gasteiger partial charge in [0.15, 0.2) is 9.84 Å². The number of sulfone groups is 1. The monoisotopic (exact) mass is 390 g/mol. The minimum absolute atomic E-state index is 0.0583. The van der Waals surface area contributed by atoms with Crippen LogP contribution in [-0.4, -0.2) is 67.3 Å². The Morgan fingerprint density at radius 2 is 2.04 bits per heavy atom. The van der Waals surface area contributed by atoms with Crippen LogP contribution in [0.1, 0.15) is 38.7 Å². The zero-order valence-corrected chi connectivity index (χ0v) is 17.1. The van der Waals surface area contributed by atoms with Crippen LogP contribution in [-0.2, 0) is 14.6 Å². The van der Waals surface area contributed by atoms with Gasteiger partial charge in [-0.05, 0) is 37.3 Å². The van der Waals surface area contributed by atoms with E-state index in [4.69, 9.17) is 0 Å². The second-order valence-electron chi connectivity index (χ2n) is 7.70. The molecule has 1 amide bonds. The van der Waals surface area contributed by atoms with Crippen LogP contribution in [0.15, 0.2) is 36.4 Å². The SMILES string of the molecule is CC[C@H](C)N(C(=O)CN1CC=C(c2ccccc2)CC1)[C@H]1CCS(=O)(=O)C1. The van der Waals surface area contributed by atoms with Gasteiger partial charge in [-0.15, -0.1) is 0 Å². The van der Waals surface area contributed by atoms with Gasteiger partial charge in [-0.2, -0.15) is 0 Å². The number of carbonyl (C=O) groups excluding carboxylic acids is 1. The maximum absolute atomic E-state index is 13.0. The van der Waals surface area contributed by atoms with Gasteiger partial charge in [0.1, 0.15) is 0 Å². The highest BCUT2D eigenvalue weighted by atomic mass is 32.2. The molecule has 1 saturated heterocycles. The molecule has 1 fully saturated rings. The quantitative estimate of drug-likeness (QED) is 0.749. The standard InChI is InChI=1S/C21H30N2O3S/c1-3-17(2)23(20-11-14-27(25,26)16-20)21(24)15-22-12-9-19(10-13-22)18-7-5-4-6-8-18/h4-9,17,20H,3,10-16H2,1-2H3/t17-,20-/m0/s1. The Hall–Kier alpha value is -1.66. The largest absolute Gasteiger partial charge is 0.335 e. The van der Waals surface area contributed by atoms with Crippen LogP contribution in [0.5, 0.6) is 0 Å². The minimum atomic E-state index is -3.00. The molecule has 0 aliphatic carbocycles. The van der Waals surface area contributed by atoms with Gasteiger partial charge in [0.05, 0.1) is 18.1 Å². The van der Waals surface area contributed by atoms with Crippen LogP contribution in [0.2, 0.25) is 0 Å². The summed E-state index contributed by atoms with van der Waals surface area (Å²) in [6.07, 6.45) is 4.54. The molecule has 0 unspecified atom stereocenters. The van der Waals surface area contributed by atoms with Crippen molar-refractivity contribution in [1.82, 2.24) is 9.80 Å². The van der Waals surface area contributed by atoms with Crippen LogP contribution in [0.25, 0.3) is 5.57 Å². The molecule has 2 heterocycles. The van der Waals surface area contributed by atoms with Crippen molar-refractivity contribution in [3.8, 4) is 0 Å². The number of carbonyl (C=O) groups is 1. The lowest BCUT2D eigenvalue weighted by atomic mass is 9.99. The van der Waals surface area contributed by atoms with Crippen LogP contribution in [0, 0.1) is 0 Å². The highest BCUT2D eigenvalue weighted by molar-refractivity contribution is 7.91. The molecule has 1 aromatic carbocycles. The third-order valence-electron chi connectivity index (χ3n) is 5.75. The fourth-order valence-corrected chi connectivity index (χ4v) is 5.75. The first-order valence-electron chi connectivity index (χ1n) is 9.88. The smallest absolute Gasteiger partial charge is 0.237 e. The molecule has 1 aromatic rings. The Morgan fingerprint density at radius 3 is 2.59 bits per heavy atom. The molecule has 0 saturated carbocycles. The van der Waals surface area contributed by atoms with E-state index in [1.807, 2.05) is 36.9 Å². The van der Waals surface area contributed by atoms with Crippen molar-refractivity contribution >= 4 is 21.3 Å². The second kappa shape index (κ2) is 8.57. The molecule has 6 heteroatoms. The van der Waals surface area contributed by atoms with Crippen molar-refractivity contribution in [3.05, 3.63) is 42.0 Å². The molecule has 0 radical (unpaired) electrons. The van der Waals surface area contributed by atoms with Gasteiger partial charge < -0.3 is 4.90 Å². The molecule has 3 rings (SSSR count). The molecule has 27 heavy (non-hydrogen) atoms. The first kappa shape index (κ1) is 20.1. The molecular weight excluding hydrogens is 360 g/mol. The lowest BCUT2D eigenvalue weighted by Gasteiger charge is -2.36. The maximum atomic E-state index is 13.0. The van der Waals surface area contributed by atoms with E-state index in [-0.39, 0.29) is 29.5 Å². The van der Waals surface area contributed by atoms with Gasteiger partial charge in [-0.1, -0.05) is 43.3 Å². The summed E-state index contributed by atoms with van der Waals surface area (Å²) in [7, 11) is -3.00. The van der Waals surface area contributed by atoms with Gasteiger partial charge in [-0.3, -0.25) is 9.69 Å². The molecule has 0 aromatic heterocycles. The molecule has 2 aliphatic heterocycles. The summed E-state index contributed by atoms with van der Waals surface area (Å²) in [5, 5.41) is 0. The van der Waals surface area contributed by atoms with Crippen LogP contribution in [0.4, 0.5) is 0 Å². The Labute approximate surface area is 163 Å². The fourth-order valence-electron chi connectivity index (χ4n) is 4.04. The number of benzene rings is 1. The molecule has 5 nitrogen and oxygen atoms in total. The van der Waals surface area contributed by atoms with Crippen molar-refractivity contribution in [2.45, 2.75) is 45.2 Å². The van der Waals surface area contributed by atoms with Crippen LogP contribution >= 0.6 is 0 Å². The van der Waals surface area contributed by atoms with Crippen molar-refractivity contribution in [1.29, 1.82) is 0 Å². The van der Waals surface area contributed by atoms with E-state index in [2.05, 4.69) is 23.1 Å². The molecule has 2 aliphatic rings. The van der Waals surface area contributed by atoms with Gasteiger partial charge in [0, 0.05) is 25.2 Å². The first-order valence-corrected chi connectivity index (χ1v) is 11.7. The summed E-state index contributed by atoms with van der Waals surface area (Å²) in [5.74, 6) is 0.370. The molecule has 0 spiro atoms. The molecule has 2 atom stereocenters. The Kier molecular flexibility index (Phi) is 6.37. The van der Waals surface area contributed by atoms with Gasteiger partial charge >= 0.3 is 0 Å². The third-order valence-corrected chi connectivity index (χ3v) is 7.50. The third kappa shape index (κ3) is 4.99. The number of amides is 1. The van der Waals surface area contributed by atoms with E-state index in [0.29, 0.717) is 13.0 Å². The summed E-state index contributed by atoms with van der Waals surface area (Å²) >= 11 is 0. The van der Waals surface area contributed by atoms with E-state index in [0.717, 1.165) is 25.9 Å². The van der Waals surface area contributed by atoms with E-state index in [1.54, 1.807) is 0 Å². The summed E-state index contributed by atoms with van der Waals surface area (Å²) in [6, 6.07) is 10.3. The van der Waals surface area contributed by atoms with Gasteiger partial charge in [-0.25, -0.2) is 8.42 Å². The van der Waals surface area contributed by atoms with Crippen molar-refractivity contribution in [2.24, 2.45) is 0 Å². The van der Waals surface area contributed by atoms with E-state index < -0.39 is 9.84 Å². The summed E-state index contributed by atoms with van der Waals surface area (Å²) < 4.78 is 23.8. The van der Waals surface area contributed by atoms with Crippen molar-refractivity contribution < 1.29 is 13.2 Å². The van der Waals surface area contributed by atoms with Gasteiger partial charge in [0.25, 0.3) is 0 Å². The predicted molar refractivity (Wildman–Crippen MR) is 109 cm³/mol. The molecule has 0 N–H and O–H groups in total. The lowest BCUT2D eigenvalue weighted by Crippen LogP contribution is -2.50. The Bertz CT molecular complexity index is 789. The summed E-state index contributed by atoms with van der Waals surface area (Å²) in [6.45, 7) is 6.03. The minimum Gasteiger partial charge on any atom is -0.335 e. The van der Waals surface area contributed by atoms with E-state index in [1.165, 1.54) is 11.1 Å². The first-order chi connectivity index (χ1) is 12.9. The van der Waals surface area contributed by atoms with E-state index >= 15 is 0 Å². The summed E-state index contributed by atoms with van der Waals surface area (Å²) in [5.41, 5.74) is 2.58. The fraction of sp³-hybridized carbons (Fsp3) is 0.571. The molecular formula is C21H30N2O3S. The lowest BCUT2D eigenvalue weighted by molar-refractivity contribution is -0.136. The van der Waals surface area contributed by atoms with E-state index in [9.17, 15) is 13.2 Å². The topological polar surface area (TPSA) is 57.7 Å². The van der Waals surface area contributed by atoms with Gasteiger partial charge in [0.2, 0.25) is 5.91 Å². The highest BCUT2D eigenvalue weighted by Gasteiger charge is 2.36. The normalized spacial score (nSPS) is 23.6. The number of nitrogens with zero attached hydrogens (tertiary/aromatic N) is 2. The maximum Gasteiger partial charge on any atom is 0.237 e. The average molecular weight is 391 g/mol. The number of rotatable bonds is 6. The number of hydrogen-bond donors (Lipinski definition) is 0. The van der Waals surface area contributed by atoms with Crippen molar-refractivity contribution in [3.63, 3.8) is 0 Å². The van der Waals surface area contributed by atoms with Crippen LogP contribution in [0.3, 0.4) is 0 Å². The van der Waals surface area contributed by atoms with Crippen LogP contribution < -0.4 is 0 Å². The second-order valence-corrected chi connectivity index (χ2v) is 9.92. The number of hydrogen-bond acceptors (Lipinski definition) is 4. The zero-order chi connectivity index (χ0) is 19.4. The predicted octanol–water partition coefficient (Wildman–Crippen LogP) is 2.59. The Morgan fingerprint density at radius 1 is 1.30 bits per heavy atom. The average Bonchev–Trinajstić information content (AvgIpc) is 3.02. The summed E-state index contributed by atoms with van der Waals surface area (Å²) in [4.78, 5) is 17.0. The zero-order valence-electron chi connectivity index (χ0n) is 16.3. The Balaban J connectivity index is 1.64. The molecule has 148 valence electrons. The molecule has 0 bridgehead atoms. The van der Waals surface area contributed by atoms with Crippen molar-refractivity contribution in [2.75, 3.05) is 31.1 Å².